The van der Waals surface area contributed by atoms with Gasteiger partial charge in [0.25, 0.3) is 17.5 Å². The molecule has 0 spiro atoms. The van der Waals surface area contributed by atoms with Crippen LogP contribution >= 0.6 is 0 Å². The first-order chi connectivity index (χ1) is 17.9. The number of nitrogens with zero attached hydrogens (tertiary/aromatic N) is 2. The van der Waals surface area contributed by atoms with E-state index in [4.69, 9.17) is 4.74 Å². The van der Waals surface area contributed by atoms with Crippen LogP contribution in [0.4, 0.5) is 5.69 Å². The van der Waals surface area contributed by atoms with E-state index in [0.717, 1.165) is 25.7 Å². The van der Waals surface area contributed by atoms with Crippen molar-refractivity contribution in [2.45, 2.75) is 50.6 Å². The fourth-order valence-corrected chi connectivity index (χ4v) is 5.05. The third-order valence-electron chi connectivity index (χ3n) is 7.17. The number of likely N-dealkylation sites (tertiary alicyclic amines) is 1. The summed E-state index contributed by atoms with van der Waals surface area (Å²) in [5.74, 6) is -0.221. The molecule has 3 atom stereocenters. The van der Waals surface area contributed by atoms with E-state index in [2.05, 4.69) is 10.6 Å². The summed E-state index contributed by atoms with van der Waals surface area (Å²) >= 11 is 0. The van der Waals surface area contributed by atoms with Crippen LogP contribution in [-0.4, -0.2) is 59.8 Å². The number of nitrogens with one attached hydrogen (secondary N) is 2. The fraction of sp³-hybridized carbons (Fsp3) is 0.444. The maximum absolute atomic E-state index is 13.2. The summed E-state index contributed by atoms with van der Waals surface area (Å²) in [5, 5.41) is 17.1. The normalized spacial score (nSPS) is 21.5. The van der Waals surface area contributed by atoms with E-state index >= 15 is 0 Å². The van der Waals surface area contributed by atoms with Crippen molar-refractivity contribution < 1.29 is 24.0 Å². The van der Waals surface area contributed by atoms with Gasteiger partial charge in [0, 0.05) is 48.4 Å². The summed E-state index contributed by atoms with van der Waals surface area (Å²) in [5.41, 5.74) is 0.818. The van der Waals surface area contributed by atoms with Crippen molar-refractivity contribution in [2.24, 2.45) is 5.92 Å². The quantitative estimate of drug-likeness (QED) is 0.436. The van der Waals surface area contributed by atoms with E-state index in [-0.39, 0.29) is 48.0 Å². The van der Waals surface area contributed by atoms with Crippen molar-refractivity contribution in [2.75, 3.05) is 20.2 Å². The van der Waals surface area contributed by atoms with Gasteiger partial charge < -0.3 is 20.3 Å². The van der Waals surface area contributed by atoms with Crippen LogP contribution in [0.25, 0.3) is 0 Å². The number of rotatable bonds is 7. The molecule has 1 heterocycles. The van der Waals surface area contributed by atoms with Crippen molar-refractivity contribution in [3.05, 3.63) is 69.8 Å². The lowest BCUT2D eigenvalue weighted by molar-refractivity contribution is -0.384. The van der Waals surface area contributed by atoms with Crippen LogP contribution in [-0.2, 0) is 4.79 Å². The number of benzene rings is 2. The van der Waals surface area contributed by atoms with E-state index in [1.165, 1.54) is 24.3 Å². The highest BCUT2D eigenvalue weighted by atomic mass is 16.6. The van der Waals surface area contributed by atoms with Crippen molar-refractivity contribution in [3.63, 3.8) is 0 Å². The molecule has 1 saturated carbocycles. The Morgan fingerprint density at radius 1 is 0.892 bits per heavy atom. The molecule has 1 aliphatic carbocycles. The Morgan fingerprint density at radius 2 is 1.51 bits per heavy atom. The summed E-state index contributed by atoms with van der Waals surface area (Å²) in [6.45, 7) is 0.820. The minimum atomic E-state index is -0.506. The minimum absolute atomic E-state index is 0.0754. The van der Waals surface area contributed by atoms with Crippen LogP contribution in [0.15, 0.2) is 48.5 Å². The number of ether oxygens (including phenoxy) is 1. The average molecular weight is 509 g/mol. The van der Waals surface area contributed by atoms with Crippen LogP contribution in [0.2, 0.25) is 0 Å². The molecule has 3 amide bonds. The van der Waals surface area contributed by atoms with Crippen LogP contribution in [0, 0.1) is 16.0 Å². The number of non-ortho nitro benzene ring substituents is 1. The van der Waals surface area contributed by atoms with Crippen LogP contribution in [0.5, 0.6) is 5.75 Å². The van der Waals surface area contributed by atoms with E-state index in [0.29, 0.717) is 36.3 Å². The number of amides is 3. The third kappa shape index (κ3) is 6.44. The van der Waals surface area contributed by atoms with Crippen LogP contribution in [0.3, 0.4) is 0 Å². The average Bonchev–Trinajstić information content (AvgIpc) is 2.93. The summed E-state index contributed by atoms with van der Waals surface area (Å²) in [6, 6.07) is 12.1. The lowest BCUT2D eigenvalue weighted by Gasteiger charge is -2.36. The Bertz CT molecular complexity index is 1130. The fourth-order valence-electron chi connectivity index (χ4n) is 5.05. The molecular formula is C27H32N4O6. The monoisotopic (exact) mass is 508 g/mol. The number of nitro groups is 1. The zero-order valence-corrected chi connectivity index (χ0v) is 20.9. The number of nitro benzene ring substituents is 1. The van der Waals surface area contributed by atoms with E-state index in [9.17, 15) is 24.5 Å². The topological polar surface area (TPSA) is 131 Å². The highest BCUT2D eigenvalue weighted by Gasteiger charge is 2.33. The Kier molecular flexibility index (Phi) is 8.37. The first-order valence-electron chi connectivity index (χ1n) is 12.6. The molecule has 10 heteroatoms. The van der Waals surface area contributed by atoms with E-state index < -0.39 is 4.92 Å². The summed E-state index contributed by atoms with van der Waals surface area (Å²) in [6.07, 6.45) is 4.86. The van der Waals surface area contributed by atoms with Gasteiger partial charge in [0.2, 0.25) is 5.91 Å². The van der Waals surface area contributed by atoms with Crippen LogP contribution in [0.1, 0.15) is 59.2 Å². The van der Waals surface area contributed by atoms with Crippen molar-refractivity contribution in [3.8, 4) is 5.75 Å². The lowest BCUT2D eigenvalue weighted by Crippen LogP contribution is -2.55. The van der Waals surface area contributed by atoms with Gasteiger partial charge in [0.15, 0.2) is 0 Å². The smallest absolute Gasteiger partial charge is 0.269 e. The summed E-state index contributed by atoms with van der Waals surface area (Å²) in [4.78, 5) is 51.0. The molecule has 196 valence electrons. The molecule has 1 saturated heterocycles. The van der Waals surface area contributed by atoms with Crippen molar-refractivity contribution in [1.29, 1.82) is 0 Å². The molecule has 10 nitrogen and oxygen atoms in total. The first kappa shape index (κ1) is 26.1. The zero-order chi connectivity index (χ0) is 26.4. The number of carbonyl (C=O) groups is 3. The van der Waals surface area contributed by atoms with Crippen molar-refractivity contribution >= 4 is 23.4 Å². The first-order valence-corrected chi connectivity index (χ1v) is 12.6. The Balaban J connectivity index is 1.35. The number of hydrogen-bond donors (Lipinski definition) is 2. The molecule has 1 aliphatic heterocycles. The second-order valence-electron chi connectivity index (χ2n) is 9.60. The largest absolute Gasteiger partial charge is 0.497 e. The van der Waals surface area contributed by atoms with Gasteiger partial charge in [-0.05, 0) is 62.1 Å². The molecule has 0 aromatic heterocycles. The van der Waals surface area contributed by atoms with Gasteiger partial charge in [0.05, 0.1) is 18.0 Å². The zero-order valence-electron chi connectivity index (χ0n) is 20.9. The highest BCUT2D eigenvalue weighted by molar-refractivity contribution is 5.95. The predicted octanol–water partition coefficient (Wildman–Crippen LogP) is 3.31. The molecule has 2 fully saturated rings. The Labute approximate surface area is 215 Å². The van der Waals surface area contributed by atoms with E-state index in [1.807, 2.05) is 0 Å². The van der Waals surface area contributed by atoms with Gasteiger partial charge in [0.1, 0.15) is 5.75 Å². The second kappa shape index (κ2) is 11.9. The molecular weight excluding hydrogens is 476 g/mol. The van der Waals surface area contributed by atoms with Gasteiger partial charge in [-0.25, -0.2) is 0 Å². The molecule has 2 N–H and O–H groups in total. The maximum Gasteiger partial charge on any atom is 0.269 e. The van der Waals surface area contributed by atoms with Gasteiger partial charge in [-0.2, -0.15) is 0 Å². The number of hydrogen-bond acceptors (Lipinski definition) is 6. The summed E-state index contributed by atoms with van der Waals surface area (Å²) in [7, 11) is 1.57. The molecule has 2 aromatic carbocycles. The molecule has 0 unspecified atom stereocenters. The number of piperidine rings is 1. The third-order valence-corrected chi connectivity index (χ3v) is 7.17. The van der Waals surface area contributed by atoms with E-state index in [1.54, 1.807) is 36.3 Å². The van der Waals surface area contributed by atoms with Crippen molar-refractivity contribution in [1.82, 2.24) is 15.5 Å². The lowest BCUT2D eigenvalue weighted by atomic mass is 9.88. The molecule has 0 radical (unpaired) electrons. The van der Waals surface area contributed by atoms with Crippen LogP contribution < -0.4 is 15.4 Å². The Morgan fingerprint density at radius 3 is 2.14 bits per heavy atom. The van der Waals surface area contributed by atoms with Gasteiger partial charge in [-0.3, -0.25) is 24.5 Å². The SMILES string of the molecule is COc1ccc(C(=O)N[C@@H]2CCCC[C@H]2NC(=O)[C@H]2CCCN(C(=O)c3ccc([N+](=O)[O-])cc3)C2)cc1. The number of methoxy groups -OCH3 is 1. The second-order valence-corrected chi connectivity index (χ2v) is 9.60. The molecule has 4 rings (SSSR count). The van der Waals surface area contributed by atoms with Gasteiger partial charge in [-0.1, -0.05) is 12.8 Å². The predicted molar refractivity (Wildman–Crippen MR) is 136 cm³/mol. The number of carbonyl (C=O) groups excluding carboxylic acids is 3. The standard InChI is InChI=1S/C27H32N4O6/c1-37-22-14-10-18(11-15-22)25(32)28-23-6-2-3-7-24(23)29-26(33)20-5-4-16-30(17-20)27(34)19-8-12-21(13-9-19)31(35)36/h8-15,20,23-24H,2-7,16-17H2,1H3,(H,28,32)(H,29,33)/t20-,23+,24+/m0/s1. The van der Waals surface area contributed by atoms with Gasteiger partial charge in [-0.15, -0.1) is 0 Å². The van der Waals surface area contributed by atoms with Gasteiger partial charge >= 0.3 is 0 Å². The minimum Gasteiger partial charge on any atom is -0.497 e. The maximum atomic E-state index is 13.2. The molecule has 0 bridgehead atoms. The molecule has 2 aromatic rings. The molecule has 37 heavy (non-hydrogen) atoms. The Hall–Kier alpha value is -3.95. The highest BCUT2D eigenvalue weighted by Crippen LogP contribution is 2.23. The summed E-state index contributed by atoms with van der Waals surface area (Å²) < 4.78 is 5.15. The molecule has 2 aliphatic rings.